The van der Waals surface area contributed by atoms with Crippen LogP contribution in [0.4, 0.5) is 17.1 Å². The maximum Gasteiger partial charge on any atom is 0.245 e. The third-order valence-corrected chi connectivity index (χ3v) is 6.33. The molecule has 0 unspecified atom stereocenters. The molecule has 1 heterocycles. The van der Waals surface area contributed by atoms with Gasteiger partial charge in [-0.3, -0.25) is 13.9 Å². The Kier molecular flexibility index (Phi) is 6.38. The largest absolute Gasteiger partial charge is 0.324 e. The molecule has 0 aliphatic carbocycles. The van der Waals surface area contributed by atoms with Crippen molar-refractivity contribution in [1.29, 1.82) is 0 Å². The van der Waals surface area contributed by atoms with Gasteiger partial charge in [0.2, 0.25) is 21.8 Å². The van der Waals surface area contributed by atoms with Crippen molar-refractivity contribution in [3.63, 3.8) is 0 Å². The van der Waals surface area contributed by atoms with Crippen LogP contribution in [0.1, 0.15) is 24.0 Å². The summed E-state index contributed by atoms with van der Waals surface area (Å²) in [6.45, 7) is 3.90. The van der Waals surface area contributed by atoms with Crippen LogP contribution in [-0.4, -0.2) is 39.6 Å². The second-order valence-electron chi connectivity index (χ2n) is 7.40. The lowest BCUT2D eigenvalue weighted by atomic mass is 10.1. The number of carbonyl (C=O) groups excluding carboxylic acids is 2. The van der Waals surface area contributed by atoms with Crippen molar-refractivity contribution in [2.24, 2.45) is 0 Å². The number of benzene rings is 2. The van der Waals surface area contributed by atoms with Crippen molar-refractivity contribution in [3.8, 4) is 0 Å². The van der Waals surface area contributed by atoms with Gasteiger partial charge in [0, 0.05) is 29.4 Å². The van der Waals surface area contributed by atoms with Crippen LogP contribution < -0.4 is 14.5 Å². The summed E-state index contributed by atoms with van der Waals surface area (Å²) >= 11 is 5.97. The van der Waals surface area contributed by atoms with Gasteiger partial charge in [-0.2, -0.15) is 0 Å². The number of anilines is 3. The number of nitrogens with zero attached hydrogens (tertiary/aromatic N) is 2. The molecular weight excluding hydrogens is 426 g/mol. The Morgan fingerprint density at radius 3 is 2.50 bits per heavy atom. The SMILES string of the molecule is Cc1ccc(NC(=O)CN(c2ccc(Cl)cc2C)S(C)(=O)=O)cc1N1CCCC1=O. The number of halogens is 1. The third-order valence-electron chi connectivity index (χ3n) is 4.97. The Bertz CT molecular complexity index is 1100. The Labute approximate surface area is 181 Å². The maximum absolute atomic E-state index is 12.7. The summed E-state index contributed by atoms with van der Waals surface area (Å²) in [6, 6.07) is 10.1. The summed E-state index contributed by atoms with van der Waals surface area (Å²) in [5, 5.41) is 3.23. The van der Waals surface area contributed by atoms with E-state index in [0.717, 1.165) is 28.2 Å². The monoisotopic (exact) mass is 449 g/mol. The Morgan fingerprint density at radius 2 is 1.90 bits per heavy atom. The first kappa shape index (κ1) is 22.1. The first-order chi connectivity index (χ1) is 14.1. The molecule has 1 saturated heterocycles. The highest BCUT2D eigenvalue weighted by Gasteiger charge is 2.25. The Morgan fingerprint density at radius 1 is 1.17 bits per heavy atom. The van der Waals surface area contributed by atoms with Crippen molar-refractivity contribution in [1.82, 2.24) is 0 Å². The van der Waals surface area contributed by atoms with E-state index in [1.165, 1.54) is 0 Å². The summed E-state index contributed by atoms with van der Waals surface area (Å²) in [7, 11) is -3.70. The van der Waals surface area contributed by atoms with E-state index in [2.05, 4.69) is 5.32 Å². The van der Waals surface area contributed by atoms with Crippen LogP contribution in [-0.2, 0) is 19.6 Å². The number of hydrogen-bond donors (Lipinski definition) is 1. The van der Waals surface area contributed by atoms with E-state index < -0.39 is 15.9 Å². The minimum Gasteiger partial charge on any atom is -0.324 e. The van der Waals surface area contributed by atoms with E-state index >= 15 is 0 Å². The lowest BCUT2D eigenvalue weighted by molar-refractivity contribution is -0.117. The number of rotatable bonds is 6. The van der Waals surface area contributed by atoms with Gasteiger partial charge in [0.05, 0.1) is 11.9 Å². The van der Waals surface area contributed by atoms with Gasteiger partial charge in [-0.15, -0.1) is 0 Å². The zero-order valence-corrected chi connectivity index (χ0v) is 18.7. The number of nitrogens with one attached hydrogen (secondary N) is 1. The molecule has 3 rings (SSSR count). The fourth-order valence-electron chi connectivity index (χ4n) is 3.49. The highest BCUT2D eigenvalue weighted by atomic mass is 35.5. The quantitative estimate of drug-likeness (QED) is 0.731. The average molecular weight is 450 g/mol. The van der Waals surface area contributed by atoms with Crippen molar-refractivity contribution in [2.45, 2.75) is 26.7 Å². The smallest absolute Gasteiger partial charge is 0.245 e. The fraction of sp³-hybridized carbons (Fsp3) is 0.333. The van der Waals surface area contributed by atoms with Crippen LogP contribution >= 0.6 is 11.6 Å². The summed E-state index contributed by atoms with van der Waals surface area (Å²) in [5.74, 6) is -0.430. The van der Waals surface area contributed by atoms with Gasteiger partial charge in [-0.25, -0.2) is 8.42 Å². The number of sulfonamides is 1. The first-order valence-corrected chi connectivity index (χ1v) is 11.7. The summed E-state index contributed by atoms with van der Waals surface area (Å²) in [4.78, 5) is 26.5. The van der Waals surface area contributed by atoms with Gasteiger partial charge >= 0.3 is 0 Å². The molecule has 1 aliphatic rings. The summed E-state index contributed by atoms with van der Waals surface area (Å²) in [5.41, 5.74) is 3.22. The molecule has 1 N–H and O–H groups in total. The Balaban J connectivity index is 1.82. The normalized spacial score (nSPS) is 14.1. The molecule has 0 atom stereocenters. The molecule has 2 aromatic carbocycles. The van der Waals surface area contributed by atoms with Gasteiger partial charge in [0.25, 0.3) is 0 Å². The van der Waals surface area contributed by atoms with Gasteiger partial charge < -0.3 is 10.2 Å². The predicted molar refractivity (Wildman–Crippen MR) is 120 cm³/mol. The molecule has 0 radical (unpaired) electrons. The predicted octanol–water partition coefficient (Wildman–Crippen LogP) is 3.49. The molecule has 1 aliphatic heterocycles. The van der Waals surface area contributed by atoms with E-state index in [1.54, 1.807) is 42.2 Å². The molecule has 0 saturated carbocycles. The lowest BCUT2D eigenvalue weighted by Crippen LogP contribution is -2.37. The molecule has 30 heavy (non-hydrogen) atoms. The molecule has 7 nitrogen and oxygen atoms in total. The van der Waals surface area contributed by atoms with E-state index in [4.69, 9.17) is 11.6 Å². The second kappa shape index (κ2) is 8.65. The molecule has 9 heteroatoms. The highest BCUT2D eigenvalue weighted by Crippen LogP contribution is 2.29. The van der Waals surface area contributed by atoms with Crippen molar-refractivity contribution in [2.75, 3.05) is 33.9 Å². The standard InChI is InChI=1S/C21H24ClN3O4S/c1-14-6-8-17(12-19(14)24-10-4-5-21(24)27)23-20(26)13-25(30(3,28)29)18-9-7-16(22)11-15(18)2/h6-9,11-12H,4-5,10,13H2,1-3H3,(H,23,26). The number of aryl methyl sites for hydroxylation is 2. The van der Waals surface area contributed by atoms with Crippen molar-refractivity contribution < 1.29 is 18.0 Å². The van der Waals surface area contributed by atoms with Crippen LogP contribution in [0.2, 0.25) is 5.02 Å². The van der Waals surface area contributed by atoms with Crippen LogP contribution in [0.25, 0.3) is 0 Å². The van der Waals surface area contributed by atoms with E-state index in [0.29, 0.717) is 34.9 Å². The van der Waals surface area contributed by atoms with E-state index in [9.17, 15) is 18.0 Å². The molecule has 2 amide bonds. The van der Waals surface area contributed by atoms with Gasteiger partial charge in [0.15, 0.2) is 0 Å². The summed E-state index contributed by atoms with van der Waals surface area (Å²) < 4.78 is 25.7. The number of amides is 2. The van der Waals surface area contributed by atoms with Crippen LogP contribution in [0.5, 0.6) is 0 Å². The molecule has 0 bridgehead atoms. The lowest BCUT2D eigenvalue weighted by Gasteiger charge is -2.24. The highest BCUT2D eigenvalue weighted by molar-refractivity contribution is 7.92. The number of hydrogen-bond acceptors (Lipinski definition) is 4. The molecule has 2 aromatic rings. The topological polar surface area (TPSA) is 86.8 Å². The molecule has 0 aromatic heterocycles. The van der Waals surface area contributed by atoms with Crippen molar-refractivity contribution in [3.05, 3.63) is 52.5 Å². The summed E-state index contributed by atoms with van der Waals surface area (Å²) in [6.07, 6.45) is 2.37. The minimum absolute atomic E-state index is 0.0584. The molecule has 0 spiro atoms. The first-order valence-electron chi connectivity index (χ1n) is 9.51. The van der Waals surface area contributed by atoms with Crippen LogP contribution in [0, 0.1) is 13.8 Å². The fourth-order valence-corrected chi connectivity index (χ4v) is 4.63. The molecule has 1 fully saturated rings. The van der Waals surface area contributed by atoms with Gasteiger partial charge in [-0.05, 0) is 61.7 Å². The van der Waals surface area contributed by atoms with E-state index in [-0.39, 0.29) is 12.5 Å². The van der Waals surface area contributed by atoms with Gasteiger partial charge in [0.1, 0.15) is 6.54 Å². The zero-order chi connectivity index (χ0) is 22.1. The number of carbonyl (C=O) groups is 2. The zero-order valence-electron chi connectivity index (χ0n) is 17.1. The van der Waals surface area contributed by atoms with Gasteiger partial charge in [-0.1, -0.05) is 17.7 Å². The Hall–Kier alpha value is -2.58. The van der Waals surface area contributed by atoms with E-state index in [1.807, 2.05) is 13.0 Å². The second-order valence-corrected chi connectivity index (χ2v) is 9.74. The average Bonchev–Trinajstić information content (AvgIpc) is 3.07. The third kappa shape index (κ3) is 4.94. The van der Waals surface area contributed by atoms with Crippen LogP contribution in [0.15, 0.2) is 36.4 Å². The van der Waals surface area contributed by atoms with Crippen LogP contribution in [0.3, 0.4) is 0 Å². The maximum atomic E-state index is 12.7. The molecule has 160 valence electrons. The van der Waals surface area contributed by atoms with Crippen molar-refractivity contribution >= 4 is 50.5 Å². The molecular formula is C21H24ClN3O4S. The minimum atomic E-state index is -3.70.